The number of rotatable bonds is 4. The van der Waals surface area contributed by atoms with E-state index in [1.54, 1.807) is 0 Å². The number of hydrogen-bond donors (Lipinski definition) is 0. The molecule has 0 bridgehead atoms. The van der Waals surface area contributed by atoms with Crippen LogP contribution in [0.25, 0.3) is 0 Å². The molecule has 1 fully saturated rings. The summed E-state index contributed by atoms with van der Waals surface area (Å²) in [7, 11) is 0. The first-order valence-electron chi connectivity index (χ1n) is 7.78. The van der Waals surface area contributed by atoms with Crippen LogP contribution in [0.2, 0.25) is 0 Å². The lowest BCUT2D eigenvalue weighted by atomic mass is 10.0. The zero-order valence-corrected chi connectivity index (χ0v) is 12.8. The van der Waals surface area contributed by atoms with Gasteiger partial charge in [0.25, 0.3) is 11.8 Å². The molecule has 1 saturated heterocycles. The molecular formula is C17H22N2O2. The van der Waals surface area contributed by atoms with Crippen LogP contribution in [0.3, 0.4) is 0 Å². The van der Waals surface area contributed by atoms with E-state index in [2.05, 4.69) is 4.90 Å². The third-order valence-corrected chi connectivity index (χ3v) is 4.64. The van der Waals surface area contributed by atoms with Crippen LogP contribution in [0.4, 0.5) is 0 Å². The van der Waals surface area contributed by atoms with Gasteiger partial charge in [-0.2, -0.15) is 0 Å². The molecule has 2 aliphatic rings. The SMILES string of the molecule is Cc1cc2c(cc1C)C(=O)N(CCCN1CCCC1)C2=O. The molecule has 0 aromatic heterocycles. The Morgan fingerprint density at radius 2 is 1.43 bits per heavy atom. The molecule has 1 aromatic carbocycles. The highest BCUT2D eigenvalue weighted by atomic mass is 16.2. The molecule has 0 aliphatic carbocycles. The molecule has 4 heteroatoms. The number of aryl methyl sites for hydroxylation is 2. The van der Waals surface area contributed by atoms with E-state index in [9.17, 15) is 9.59 Å². The second kappa shape index (κ2) is 5.60. The summed E-state index contributed by atoms with van der Waals surface area (Å²) >= 11 is 0. The Bertz CT molecular complexity index is 548. The van der Waals surface area contributed by atoms with Crippen molar-refractivity contribution in [2.45, 2.75) is 33.1 Å². The van der Waals surface area contributed by atoms with Gasteiger partial charge in [0.15, 0.2) is 0 Å². The van der Waals surface area contributed by atoms with Crippen molar-refractivity contribution in [3.63, 3.8) is 0 Å². The summed E-state index contributed by atoms with van der Waals surface area (Å²) in [6.45, 7) is 7.76. The van der Waals surface area contributed by atoms with Crippen molar-refractivity contribution in [1.29, 1.82) is 0 Å². The van der Waals surface area contributed by atoms with Gasteiger partial charge in [-0.05, 0) is 76.0 Å². The molecule has 0 radical (unpaired) electrons. The van der Waals surface area contributed by atoms with E-state index >= 15 is 0 Å². The van der Waals surface area contributed by atoms with Crippen LogP contribution in [0.15, 0.2) is 12.1 Å². The number of imide groups is 1. The van der Waals surface area contributed by atoms with Gasteiger partial charge in [0.05, 0.1) is 11.1 Å². The molecule has 2 heterocycles. The fraction of sp³-hybridized carbons (Fsp3) is 0.529. The van der Waals surface area contributed by atoms with E-state index in [1.165, 1.54) is 17.7 Å². The van der Waals surface area contributed by atoms with Crippen molar-refractivity contribution in [1.82, 2.24) is 9.80 Å². The van der Waals surface area contributed by atoms with E-state index in [4.69, 9.17) is 0 Å². The van der Waals surface area contributed by atoms with Gasteiger partial charge < -0.3 is 4.90 Å². The summed E-state index contributed by atoms with van der Waals surface area (Å²) in [4.78, 5) is 28.6. The Hall–Kier alpha value is -1.68. The van der Waals surface area contributed by atoms with E-state index in [0.29, 0.717) is 17.7 Å². The lowest BCUT2D eigenvalue weighted by Crippen LogP contribution is -2.33. The lowest BCUT2D eigenvalue weighted by molar-refractivity contribution is 0.0648. The van der Waals surface area contributed by atoms with Crippen LogP contribution < -0.4 is 0 Å². The van der Waals surface area contributed by atoms with Crippen molar-refractivity contribution in [2.75, 3.05) is 26.2 Å². The molecule has 0 unspecified atom stereocenters. The van der Waals surface area contributed by atoms with E-state index in [0.717, 1.165) is 37.2 Å². The highest BCUT2D eigenvalue weighted by Gasteiger charge is 2.35. The van der Waals surface area contributed by atoms with Crippen LogP contribution in [-0.2, 0) is 0 Å². The summed E-state index contributed by atoms with van der Waals surface area (Å²) in [5, 5.41) is 0. The second-order valence-electron chi connectivity index (χ2n) is 6.15. The summed E-state index contributed by atoms with van der Waals surface area (Å²) in [5.41, 5.74) is 3.27. The fourth-order valence-electron chi connectivity index (χ4n) is 3.21. The van der Waals surface area contributed by atoms with Crippen molar-refractivity contribution in [3.8, 4) is 0 Å². The zero-order valence-electron chi connectivity index (χ0n) is 12.8. The van der Waals surface area contributed by atoms with Gasteiger partial charge >= 0.3 is 0 Å². The zero-order chi connectivity index (χ0) is 15.0. The molecule has 2 amide bonds. The number of carbonyl (C=O) groups excluding carboxylic acids is 2. The molecule has 112 valence electrons. The number of likely N-dealkylation sites (tertiary alicyclic amines) is 1. The summed E-state index contributed by atoms with van der Waals surface area (Å²) in [6, 6.07) is 3.71. The maximum Gasteiger partial charge on any atom is 0.261 e. The number of fused-ring (bicyclic) bond motifs is 1. The Morgan fingerprint density at radius 1 is 0.905 bits per heavy atom. The summed E-state index contributed by atoms with van der Waals surface area (Å²) in [5.74, 6) is -0.251. The van der Waals surface area contributed by atoms with Crippen LogP contribution >= 0.6 is 0 Å². The topological polar surface area (TPSA) is 40.6 Å². The third kappa shape index (κ3) is 2.60. The monoisotopic (exact) mass is 286 g/mol. The van der Waals surface area contributed by atoms with Gasteiger partial charge in [-0.1, -0.05) is 0 Å². The molecule has 21 heavy (non-hydrogen) atoms. The average molecular weight is 286 g/mol. The van der Waals surface area contributed by atoms with E-state index < -0.39 is 0 Å². The summed E-state index contributed by atoms with van der Waals surface area (Å²) in [6.07, 6.45) is 3.40. The Labute approximate surface area is 125 Å². The van der Waals surface area contributed by atoms with Crippen molar-refractivity contribution in [3.05, 3.63) is 34.4 Å². The number of carbonyl (C=O) groups is 2. The maximum atomic E-state index is 12.4. The number of nitrogens with zero attached hydrogens (tertiary/aromatic N) is 2. The van der Waals surface area contributed by atoms with Gasteiger partial charge in [0.2, 0.25) is 0 Å². The molecule has 0 atom stereocenters. The number of amides is 2. The van der Waals surface area contributed by atoms with E-state index in [1.807, 2.05) is 26.0 Å². The standard InChI is InChI=1S/C17H22N2O2/c1-12-10-14-15(11-13(12)2)17(21)19(16(14)20)9-5-8-18-6-3-4-7-18/h10-11H,3-9H2,1-2H3. The quantitative estimate of drug-likeness (QED) is 0.798. The minimum absolute atomic E-state index is 0.125. The Kier molecular flexibility index (Phi) is 3.81. The predicted octanol–water partition coefficient (Wildman–Crippen LogP) is 2.39. The minimum Gasteiger partial charge on any atom is -0.303 e. The molecular weight excluding hydrogens is 264 g/mol. The number of hydrogen-bond acceptors (Lipinski definition) is 3. The van der Waals surface area contributed by atoms with Crippen LogP contribution in [-0.4, -0.2) is 47.8 Å². The Balaban J connectivity index is 1.68. The van der Waals surface area contributed by atoms with Gasteiger partial charge in [-0.3, -0.25) is 14.5 Å². The first kappa shape index (κ1) is 14.3. The molecule has 0 spiro atoms. The highest BCUT2D eigenvalue weighted by molar-refractivity contribution is 6.21. The third-order valence-electron chi connectivity index (χ3n) is 4.64. The fourth-order valence-corrected chi connectivity index (χ4v) is 3.21. The molecule has 3 rings (SSSR count). The largest absolute Gasteiger partial charge is 0.303 e. The van der Waals surface area contributed by atoms with Crippen LogP contribution in [0, 0.1) is 13.8 Å². The minimum atomic E-state index is -0.125. The second-order valence-corrected chi connectivity index (χ2v) is 6.15. The normalized spacial score (nSPS) is 18.7. The van der Waals surface area contributed by atoms with Gasteiger partial charge in [0.1, 0.15) is 0 Å². The first-order chi connectivity index (χ1) is 10.1. The maximum absolute atomic E-state index is 12.4. The smallest absolute Gasteiger partial charge is 0.261 e. The first-order valence-corrected chi connectivity index (χ1v) is 7.78. The van der Waals surface area contributed by atoms with Gasteiger partial charge in [-0.15, -0.1) is 0 Å². The van der Waals surface area contributed by atoms with Crippen molar-refractivity contribution in [2.24, 2.45) is 0 Å². The van der Waals surface area contributed by atoms with Gasteiger partial charge in [-0.25, -0.2) is 0 Å². The lowest BCUT2D eigenvalue weighted by Gasteiger charge is -2.17. The molecule has 1 aromatic rings. The molecule has 2 aliphatic heterocycles. The molecule has 0 saturated carbocycles. The molecule has 4 nitrogen and oxygen atoms in total. The highest BCUT2D eigenvalue weighted by Crippen LogP contribution is 2.26. The number of benzene rings is 1. The van der Waals surface area contributed by atoms with Crippen LogP contribution in [0.5, 0.6) is 0 Å². The van der Waals surface area contributed by atoms with Crippen molar-refractivity contribution >= 4 is 11.8 Å². The summed E-state index contributed by atoms with van der Waals surface area (Å²) < 4.78 is 0. The Morgan fingerprint density at radius 3 is 1.95 bits per heavy atom. The molecule has 0 N–H and O–H groups in total. The average Bonchev–Trinajstić information content (AvgIpc) is 3.04. The van der Waals surface area contributed by atoms with Crippen molar-refractivity contribution < 1.29 is 9.59 Å². The van der Waals surface area contributed by atoms with Gasteiger partial charge in [0, 0.05) is 6.54 Å². The van der Waals surface area contributed by atoms with E-state index in [-0.39, 0.29) is 11.8 Å². The predicted molar refractivity (Wildman–Crippen MR) is 81.6 cm³/mol. The van der Waals surface area contributed by atoms with Crippen LogP contribution in [0.1, 0.15) is 51.1 Å².